The Morgan fingerprint density at radius 1 is 0.929 bits per heavy atom. The lowest BCUT2D eigenvalue weighted by Gasteiger charge is -2.41. The molecule has 142 valence electrons. The van der Waals surface area contributed by atoms with Gasteiger partial charge in [0, 0.05) is 26.6 Å². The molecule has 0 fully saturated rings. The topological polar surface area (TPSA) is 26.0 Å². The van der Waals surface area contributed by atoms with E-state index in [1.54, 1.807) is 18.3 Å². The molecule has 0 amide bonds. The molecule has 0 radical (unpaired) electrons. The maximum absolute atomic E-state index is 7.73. The molecule has 0 saturated carbocycles. The Morgan fingerprint density at radius 3 is 2.43 bits per heavy atom. The van der Waals surface area contributed by atoms with Crippen molar-refractivity contribution in [1.29, 1.82) is 0 Å². The Morgan fingerprint density at radius 2 is 1.68 bits per heavy atom. The Balaban J connectivity index is 1.78. The second-order valence-electron chi connectivity index (χ2n) is 9.38. The van der Waals surface area contributed by atoms with Crippen LogP contribution in [0.15, 0.2) is 53.1 Å². The van der Waals surface area contributed by atoms with E-state index in [9.17, 15) is 0 Å². The van der Waals surface area contributed by atoms with Crippen LogP contribution in [0.3, 0.4) is 0 Å². The molecule has 2 aromatic heterocycles. The van der Waals surface area contributed by atoms with Crippen molar-refractivity contribution in [3.63, 3.8) is 0 Å². The maximum atomic E-state index is 7.73. The number of nitrogens with zero attached hydrogens (tertiary/aromatic N) is 1. The summed E-state index contributed by atoms with van der Waals surface area (Å²) in [6.45, 7) is 7.10. The normalized spacial score (nSPS) is 19.8. The van der Waals surface area contributed by atoms with Gasteiger partial charge in [0.15, 0.2) is 0 Å². The van der Waals surface area contributed by atoms with Crippen LogP contribution in [0.1, 0.15) is 61.3 Å². The smallest absolute Gasteiger partial charge is 0.144 e. The summed E-state index contributed by atoms with van der Waals surface area (Å²) >= 11 is 0. The van der Waals surface area contributed by atoms with Gasteiger partial charge in [-0.25, -0.2) is 0 Å². The number of pyridine rings is 1. The monoisotopic (exact) mass is 372 g/mol. The molecule has 1 aliphatic carbocycles. The van der Waals surface area contributed by atoms with Crippen molar-refractivity contribution < 1.29 is 8.53 Å². The van der Waals surface area contributed by atoms with Crippen LogP contribution in [0.2, 0.25) is 0 Å². The number of hydrogen-bond donors (Lipinski definition) is 0. The first-order valence-corrected chi connectivity index (χ1v) is 9.95. The van der Waals surface area contributed by atoms with E-state index < -0.39 is 6.85 Å². The van der Waals surface area contributed by atoms with E-state index in [1.165, 1.54) is 11.1 Å². The summed E-state index contributed by atoms with van der Waals surface area (Å²) in [4.78, 5) is 4.46. The van der Waals surface area contributed by atoms with E-state index in [0.717, 1.165) is 40.3 Å². The fourth-order valence-electron chi connectivity index (χ4n) is 4.64. The fraction of sp³-hybridized carbons (Fsp3) is 0.346. The van der Waals surface area contributed by atoms with E-state index in [4.69, 9.17) is 8.53 Å². The molecule has 1 aliphatic rings. The zero-order valence-electron chi connectivity index (χ0n) is 19.9. The quantitative estimate of drug-likeness (QED) is 0.350. The first kappa shape index (κ1) is 14.4. The van der Waals surface area contributed by atoms with Gasteiger partial charge in [0.2, 0.25) is 0 Å². The molecule has 0 spiro atoms. The predicted molar refractivity (Wildman–Crippen MR) is 117 cm³/mol. The molecular formula is C26H27NO. The second kappa shape index (κ2) is 5.70. The number of hydrogen-bond acceptors (Lipinski definition) is 2. The van der Waals surface area contributed by atoms with E-state index in [2.05, 4.69) is 50.9 Å². The summed E-state index contributed by atoms with van der Waals surface area (Å²) in [6.07, 6.45) is 3.86. The molecule has 0 bridgehead atoms. The number of rotatable bonds is 1. The zero-order chi connectivity index (χ0) is 22.2. The minimum atomic E-state index is -2.17. The van der Waals surface area contributed by atoms with Crippen molar-refractivity contribution in [3.05, 3.63) is 65.4 Å². The highest BCUT2D eigenvalue weighted by Crippen LogP contribution is 2.48. The Labute approximate surface area is 170 Å². The Kier molecular flexibility index (Phi) is 2.93. The molecule has 2 heterocycles. The maximum Gasteiger partial charge on any atom is 0.144 e. The second-order valence-corrected chi connectivity index (χ2v) is 9.38. The summed E-state index contributed by atoms with van der Waals surface area (Å²) < 4.78 is 29.6. The van der Waals surface area contributed by atoms with E-state index in [0.29, 0.717) is 5.69 Å². The molecule has 5 rings (SSSR count). The highest BCUT2D eigenvalue weighted by Gasteiger charge is 2.37. The summed E-state index contributed by atoms with van der Waals surface area (Å²) in [5.41, 5.74) is 6.33. The van der Waals surface area contributed by atoms with Crippen molar-refractivity contribution >= 4 is 21.9 Å². The molecule has 2 heteroatoms. The lowest BCUT2D eigenvalue weighted by molar-refractivity contribution is 0.332. The Hall–Kier alpha value is -2.61. The molecule has 28 heavy (non-hydrogen) atoms. The van der Waals surface area contributed by atoms with Crippen molar-refractivity contribution in [2.24, 2.45) is 0 Å². The van der Waals surface area contributed by atoms with Crippen molar-refractivity contribution in [1.82, 2.24) is 4.98 Å². The molecule has 0 saturated heterocycles. The average Bonchev–Trinajstić information content (AvgIpc) is 3.08. The van der Waals surface area contributed by atoms with Crippen molar-refractivity contribution in [2.75, 3.05) is 0 Å². The van der Waals surface area contributed by atoms with Gasteiger partial charge >= 0.3 is 0 Å². The molecule has 2 nitrogen and oxygen atoms in total. The van der Waals surface area contributed by atoms with Gasteiger partial charge in [-0.2, -0.15) is 0 Å². The van der Waals surface area contributed by atoms with Gasteiger partial charge in [0.1, 0.15) is 11.2 Å². The van der Waals surface area contributed by atoms with E-state index in [-0.39, 0.29) is 16.4 Å². The number of para-hydroxylation sites is 1. The summed E-state index contributed by atoms with van der Waals surface area (Å²) in [6, 6.07) is 13.7. The zero-order valence-corrected chi connectivity index (χ0v) is 16.9. The fourth-order valence-corrected chi connectivity index (χ4v) is 4.64. The van der Waals surface area contributed by atoms with Crippen LogP contribution in [0.4, 0.5) is 0 Å². The van der Waals surface area contributed by atoms with Crippen LogP contribution in [0.5, 0.6) is 0 Å². The third-order valence-electron chi connectivity index (χ3n) is 6.51. The van der Waals surface area contributed by atoms with E-state index in [1.807, 2.05) is 12.1 Å². The minimum absolute atomic E-state index is 0.108. The molecule has 0 atom stereocenters. The minimum Gasteiger partial charge on any atom is -0.455 e. The number of aromatic nitrogens is 1. The lowest BCUT2D eigenvalue weighted by atomic mass is 9.63. The first-order chi connectivity index (χ1) is 14.5. The number of fused-ring (bicyclic) bond motifs is 4. The van der Waals surface area contributed by atoms with Crippen LogP contribution >= 0.6 is 0 Å². The van der Waals surface area contributed by atoms with Gasteiger partial charge in [-0.1, -0.05) is 39.8 Å². The first-order valence-electron chi connectivity index (χ1n) is 11.4. The molecule has 0 aliphatic heterocycles. The third kappa shape index (κ3) is 2.51. The van der Waals surface area contributed by atoms with Crippen LogP contribution in [0, 0.1) is 6.85 Å². The molecule has 4 aromatic rings. The third-order valence-corrected chi connectivity index (χ3v) is 6.51. The molecule has 2 aromatic carbocycles. The lowest BCUT2D eigenvalue weighted by Crippen LogP contribution is -2.33. The molecule has 0 unspecified atom stereocenters. The summed E-state index contributed by atoms with van der Waals surface area (Å²) in [5, 5.41) is 2.14. The Bertz CT molecular complexity index is 1330. The number of aryl methyl sites for hydroxylation is 1. The number of benzene rings is 2. The summed E-state index contributed by atoms with van der Waals surface area (Å²) in [7, 11) is 0. The predicted octanol–water partition coefficient (Wildman–Crippen LogP) is 7.31. The van der Waals surface area contributed by atoms with Crippen molar-refractivity contribution in [3.8, 4) is 11.3 Å². The summed E-state index contributed by atoms with van der Waals surface area (Å²) in [5.74, 6) is 0. The highest BCUT2D eigenvalue weighted by atomic mass is 16.3. The van der Waals surface area contributed by atoms with Gasteiger partial charge in [0.25, 0.3) is 0 Å². The van der Waals surface area contributed by atoms with Gasteiger partial charge in [-0.3, -0.25) is 4.98 Å². The van der Waals surface area contributed by atoms with E-state index >= 15 is 0 Å². The van der Waals surface area contributed by atoms with Gasteiger partial charge < -0.3 is 4.42 Å². The average molecular weight is 373 g/mol. The largest absolute Gasteiger partial charge is 0.455 e. The standard InChI is InChI=1S/C26H27NO/c1-16-9-12-27-22(13-16)18-8-6-7-17-19-14-20-21(15-23(19)28-24(17)18)26(4,5)11-10-25(20,2)3/h6-9,12-15H,10-11H2,1-5H3/i1D3. The van der Waals surface area contributed by atoms with Crippen LogP contribution in [0.25, 0.3) is 33.2 Å². The van der Waals surface area contributed by atoms with Crippen molar-refractivity contribution in [2.45, 2.75) is 58.2 Å². The number of furan rings is 1. The van der Waals surface area contributed by atoms with Gasteiger partial charge in [0.05, 0.1) is 5.69 Å². The highest BCUT2D eigenvalue weighted by molar-refractivity contribution is 6.09. The molecular weight excluding hydrogens is 342 g/mol. The van der Waals surface area contributed by atoms with Gasteiger partial charge in [-0.05, 0) is 77.5 Å². The van der Waals surface area contributed by atoms with Crippen LogP contribution in [-0.2, 0) is 10.8 Å². The van der Waals surface area contributed by atoms with Crippen LogP contribution in [-0.4, -0.2) is 4.98 Å². The SMILES string of the molecule is [2H]C([2H])([2H])c1ccnc(-c2cccc3c2oc2cc4c(cc23)C(C)(C)CCC4(C)C)c1. The van der Waals surface area contributed by atoms with Crippen LogP contribution < -0.4 is 0 Å². The van der Waals surface area contributed by atoms with Gasteiger partial charge in [-0.15, -0.1) is 0 Å². The molecule has 0 N–H and O–H groups in total.